The first-order valence-corrected chi connectivity index (χ1v) is 8.07. The molecule has 0 saturated carbocycles. The van der Waals surface area contributed by atoms with E-state index < -0.39 is 35.8 Å². The van der Waals surface area contributed by atoms with Crippen LogP contribution in [0.5, 0.6) is 5.88 Å². The maximum Gasteiger partial charge on any atom is 0.422 e. The quantitative estimate of drug-likeness (QED) is 0.560. The van der Waals surface area contributed by atoms with Crippen molar-refractivity contribution in [3.05, 3.63) is 35.0 Å². The number of hydrogen-bond acceptors (Lipinski definition) is 5. The summed E-state index contributed by atoms with van der Waals surface area (Å²) >= 11 is 5.89. The molecule has 0 bridgehead atoms. The van der Waals surface area contributed by atoms with E-state index in [0.717, 1.165) is 0 Å². The average Bonchev–Trinajstić information content (AvgIpc) is 3.32. The number of aliphatic carboxylic acids is 1. The Morgan fingerprint density at radius 2 is 2.15 bits per heavy atom. The van der Waals surface area contributed by atoms with Crippen molar-refractivity contribution in [3.63, 3.8) is 0 Å². The molecule has 1 aromatic rings. The van der Waals surface area contributed by atoms with Gasteiger partial charge in [-0.2, -0.15) is 13.2 Å². The number of halogens is 4. The lowest BCUT2D eigenvalue weighted by Crippen LogP contribution is -2.31. The van der Waals surface area contributed by atoms with Gasteiger partial charge in [-0.05, 0) is 11.6 Å². The number of hydrogen-bond donors (Lipinski definition) is 2. The molecule has 1 aromatic heterocycles. The van der Waals surface area contributed by atoms with Crippen LogP contribution >= 0.6 is 11.6 Å². The largest absolute Gasteiger partial charge is 0.477 e. The third kappa shape index (κ3) is 3.75. The Labute approximate surface area is 155 Å². The normalized spacial score (nSPS) is 20.2. The van der Waals surface area contributed by atoms with Crippen LogP contribution in [-0.2, 0) is 16.1 Å². The Balaban J connectivity index is 1.71. The van der Waals surface area contributed by atoms with E-state index in [0.29, 0.717) is 5.56 Å². The molecular formula is C16H13ClF3N3O4. The lowest BCUT2D eigenvalue weighted by molar-refractivity contribution is -0.154. The van der Waals surface area contributed by atoms with Crippen LogP contribution in [0.15, 0.2) is 24.4 Å². The zero-order valence-electron chi connectivity index (χ0n) is 13.6. The third-order valence-corrected chi connectivity index (χ3v) is 4.62. The summed E-state index contributed by atoms with van der Waals surface area (Å²) in [7, 11) is 0. The molecule has 27 heavy (non-hydrogen) atoms. The third-order valence-electron chi connectivity index (χ3n) is 4.35. The molecule has 0 aromatic carbocycles. The number of nitrogens with one attached hydrogen (secondary N) is 1. The van der Waals surface area contributed by atoms with E-state index in [1.165, 1.54) is 17.2 Å². The van der Waals surface area contributed by atoms with Gasteiger partial charge in [-0.15, -0.1) is 0 Å². The number of nitrogens with zero attached hydrogens (tertiary/aromatic N) is 2. The molecule has 1 amide bonds. The fraction of sp³-hybridized carbons (Fsp3) is 0.375. The summed E-state index contributed by atoms with van der Waals surface area (Å²) < 4.78 is 41.1. The van der Waals surface area contributed by atoms with Crippen molar-refractivity contribution in [1.29, 1.82) is 5.41 Å². The molecule has 1 aliphatic carbocycles. The summed E-state index contributed by atoms with van der Waals surface area (Å²) in [6.07, 6.45) is -0.165. The van der Waals surface area contributed by atoms with Crippen molar-refractivity contribution in [3.8, 4) is 5.88 Å². The van der Waals surface area contributed by atoms with Crippen LogP contribution in [0.2, 0.25) is 5.02 Å². The molecule has 2 N–H and O–H groups in total. The maximum absolute atomic E-state index is 12.6. The summed E-state index contributed by atoms with van der Waals surface area (Å²) in [6.45, 7) is -1.48. The first kappa shape index (κ1) is 19.2. The van der Waals surface area contributed by atoms with Crippen molar-refractivity contribution in [2.24, 2.45) is 11.3 Å². The SMILES string of the molecule is N=C(C(=O)O)C1CN(Cc2cnc(OCC(F)(F)F)c(Cl)c2)C(=O)C12C=C2. The first-order valence-electron chi connectivity index (χ1n) is 7.69. The van der Waals surface area contributed by atoms with Gasteiger partial charge in [0.15, 0.2) is 6.61 Å². The minimum Gasteiger partial charge on any atom is -0.477 e. The summed E-state index contributed by atoms with van der Waals surface area (Å²) in [5.41, 5.74) is -1.18. The van der Waals surface area contributed by atoms with Gasteiger partial charge in [0.1, 0.15) is 10.7 Å². The Morgan fingerprint density at radius 3 is 2.67 bits per heavy atom. The van der Waals surface area contributed by atoms with Crippen LogP contribution in [0.25, 0.3) is 0 Å². The number of likely N-dealkylation sites (tertiary alicyclic amines) is 1. The predicted molar refractivity (Wildman–Crippen MR) is 86.6 cm³/mol. The summed E-state index contributed by atoms with van der Waals surface area (Å²) in [4.78, 5) is 28.8. The van der Waals surface area contributed by atoms with Gasteiger partial charge in [-0.25, -0.2) is 9.78 Å². The predicted octanol–water partition coefficient (Wildman–Crippen LogP) is 2.30. The van der Waals surface area contributed by atoms with Gasteiger partial charge in [0.2, 0.25) is 11.8 Å². The summed E-state index contributed by atoms with van der Waals surface area (Å²) in [5, 5.41) is 16.6. The monoisotopic (exact) mass is 403 g/mol. The fourth-order valence-electron chi connectivity index (χ4n) is 2.99. The van der Waals surface area contributed by atoms with Crippen LogP contribution < -0.4 is 4.74 Å². The Hall–Kier alpha value is -2.62. The van der Waals surface area contributed by atoms with E-state index in [-0.39, 0.29) is 29.9 Å². The Kier molecular flexibility index (Phi) is 4.62. The highest BCUT2D eigenvalue weighted by Crippen LogP contribution is 2.50. The van der Waals surface area contributed by atoms with Crippen molar-refractivity contribution in [1.82, 2.24) is 9.88 Å². The molecule has 1 fully saturated rings. The molecule has 1 spiro atoms. The number of aromatic nitrogens is 1. The molecule has 2 aliphatic rings. The minimum atomic E-state index is -4.53. The van der Waals surface area contributed by atoms with Gasteiger partial charge in [-0.1, -0.05) is 23.8 Å². The van der Waals surface area contributed by atoms with Crippen LogP contribution in [0.1, 0.15) is 5.56 Å². The van der Waals surface area contributed by atoms with Gasteiger partial charge in [0.25, 0.3) is 0 Å². The van der Waals surface area contributed by atoms with Gasteiger partial charge in [0.05, 0.1) is 5.41 Å². The van der Waals surface area contributed by atoms with Crippen molar-refractivity contribution >= 4 is 29.2 Å². The second kappa shape index (κ2) is 6.52. The molecule has 1 saturated heterocycles. The molecular weight excluding hydrogens is 391 g/mol. The van der Waals surface area contributed by atoms with E-state index in [1.807, 2.05) is 0 Å². The number of carboxylic acid groups (broad SMARTS) is 1. The van der Waals surface area contributed by atoms with Crippen molar-refractivity contribution in [2.75, 3.05) is 13.2 Å². The average molecular weight is 404 g/mol. The second-order valence-corrected chi connectivity index (χ2v) is 6.67. The lowest BCUT2D eigenvalue weighted by Gasteiger charge is -2.17. The zero-order chi connectivity index (χ0) is 20.0. The van der Waals surface area contributed by atoms with E-state index in [2.05, 4.69) is 9.72 Å². The molecule has 7 nitrogen and oxygen atoms in total. The van der Waals surface area contributed by atoms with E-state index in [9.17, 15) is 22.8 Å². The molecule has 0 radical (unpaired) electrons. The molecule has 1 atom stereocenters. The number of alkyl halides is 3. The van der Waals surface area contributed by atoms with Crippen molar-refractivity contribution in [2.45, 2.75) is 12.7 Å². The van der Waals surface area contributed by atoms with Gasteiger partial charge < -0.3 is 14.7 Å². The maximum atomic E-state index is 12.6. The topological polar surface area (TPSA) is 104 Å². The van der Waals surface area contributed by atoms with E-state index in [1.54, 1.807) is 12.2 Å². The minimum absolute atomic E-state index is 0.0257. The van der Waals surface area contributed by atoms with E-state index >= 15 is 0 Å². The Bertz CT molecular complexity index is 850. The number of ether oxygens (including phenoxy) is 1. The standard InChI is InChI=1S/C16H13ClF3N3O4/c17-10-3-8(4-22-12(10)27-7-16(18,19)20)5-23-6-9(11(21)13(24)25)15(1-2-15)14(23)26/h1-4,9,21H,5-7H2,(H,24,25). The molecule has 144 valence electrons. The van der Waals surface area contributed by atoms with Gasteiger partial charge >= 0.3 is 12.1 Å². The van der Waals surface area contributed by atoms with Crippen molar-refractivity contribution < 1.29 is 32.6 Å². The number of carbonyl (C=O) groups excluding carboxylic acids is 1. The van der Waals surface area contributed by atoms with Crippen LogP contribution in [0, 0.1) is 16.7 Å². The number of amides is 1. The highest BCUT2D eigenvalue weighted by atomic mass is 35.5. The van der Waals surface area contributed by atoms with Gasteiger partial charge in [0, 0.05) is 25.2 Å². The van der Waals surface area contributed by atoms with Crippen LogP contribution in [0.4, 0.5) is 13.2 Å². The number of carbonyl (C=O) groups is 2. The fourth-order valence-corrected chi connectivity index (χ4v) is 3.23. The van der Waals surface area contributed by atoms with Gasteiger partial charge in [-0.3, -0.25) is 10.2 Å². The molecule has 1 aliphatic heterocycles. The van der Waals surface area contributed by atoms with Crippen LogP contribution in [0.3, 0.4) is 0 Å². The number of pyridine rings is 1. The molecule has 3 rings (SSSR count). The molecule has 2 heterocycles. The smallest absolute Gasteiger partial charge is 0.422 e. The van der Waals surface area contributed by atoms with Crippen LogP contribution in [-0.4, -0.2) is 51.9 Å². The second-order valence-electron chi connectivity index (χ2n) is 6.26. The zero-order valence-corrected chi connectivity index (χ0v) is 14.3. The lowest BCUT2D eigenvalue weighted by atomic mass is 9.86. The molecule has 11 heteroatoms. The first-order chi connectivity index (χ1) is 12.5. The van der Waals surface area contributed by atoms with E-state index in [4.69, 9.17) is 22.1 Å². The summed E-state index contributed by atoms with van der Waals surface area (Å²) in [6, 6.07) is 1.33. The highest BCUT2D eigenvalue weighted by molar-refractivity contribution is 6.36. The number of carboxylic acids is 1. The number of rotatable bonds is 6. The Morgan fingerprint density at radius 1 is 1.48 bits per heavy atom. The highest BCUT2D eigenvalue weighted by Gasteiger charge is 2.59. The molecule has 1 unspecified atom stereocenters. The summed E-state index contributed by atoms with van der Waals surface area (Å²) in [5.74, 6) is -2.90.